The van der Waals surface area contributed by atoms with Crippen LogP contribution in [0.1, 0.15) is 53.8 Å². The molecule has 0 aromatic heterocycles. The fraction of sp³-hybridized carbons (Fsp3) is 0.500. The van der Waals surface area contributed by atoms with Gasteiger partial charge >= 0.3 is 5.97 Å². The number of aliphatic carboxylic acids is 1. The summed E-state index contributed by atoms with van der Waals surface area (Å²) in [7, 11) is 0. The molecule has 0 spiro atoms. The number of nitrogens with zero attached hydrogens (tertiary/aromatic N) is 1. The van der Waals surface area contributed by atoms with Gasteiger partial charge < -0.3 is 10.4 Å². The van der Waals surface area contributed by atoms with Crippen LogP contribution < -0.4 is 5.32 Å². The van der Waals surface area contributed by atoms with Crippen molar-refractivity contribution in [2.45, 2.75) is 39.2 Å². The molecule has 1 aliphatic rings. The molecular formula is C18H24N2O4. The van der Waals surface area contributed by atoms with Crippen molar-refractivity contribution in [2.75, 3.05) is 13.1 Å². The molecule has 0 bridgehead atoms. The monoisotopic (exact) mass is 332 g/mol. The third-order valence-corrected chi connectivity index (χ3v) is 4.53. The second-order valence-corrected chi connectivity index (χ2v) is 6.17. The molecule has 0 radical (unpaired) electrons. The Hall–Kier alpha value is -2.21. The number of hydrogen-bond acceptors (Lipinski definition) is 4. The van der Waals surface area contributed by atoms with Crippen molar-refractivity contribution in [3.63, 3.8) is 0 Å². The minimum atomic E-state index is -0.843. The van der Waals surface area contributed by atoms with Crippen LogP contribution in [0.5, 0.6) is 0 Å². The van der Waals surface area contributed by atoms with Gasteiger partial charge in [-0.05, 0) is 37.4 Å². The van der Waals surface area contributed by atoms with Gasteiger partial charge in [-0.15, -0.1) is 0 Å². The van der Waals surface area contributed by atoms with E-state index in [9.17, 15) is 19.5 Å². The summed E-state index contributed by atoms with van der Waals surface area (Å²) in [6, 6.07) is 6.27. The van der Waals surface area contributed by atoms with E-state index in [2.05, 4.69) is 5.32 Å². The van der Waals surface area contributed by atoms with Crippen LogP contribution in [0.4, 0.5) is 0 Å². The summed E-state index contributed by atoms with van der Waals surface area (Å²) in [5.41, 5.74) is 0.923. The van der Waals surface area contributed by atoms with Crippen molar-refractivity contribution >= 4 is 17.8 Å². The van der Waals surface area contributed by atoms with Crippen LogP contribution in [0.2, 0.25) is 0 Å². The van der Waals surface area contributed by atoms with Gasteiger partial charge in [-0.25, -0.2) is 0 Å². The molecule has 1 heterocycles. The molecule has 0 unspecified atom stereocenters. The van der Waals surface area contributed by atoms with Crippen molar-refractivity contribution in [3.8, 4) is 0 Å². The fourth-order valence-corrected chi connectivity index (χ4v) is 2.86. The average Bonchev–Trinajstić information content (AvgIpc) is 2.82. The largest absolute Gasteiger partial charge is 0.480 e. The Balaban J connectivity index is 1.78. The zero-order chi connectivity index (χ0) is 17.7. The molecule has 0 saturated carbocycles. The van der Waals surface area contributed by atoms with Gasteiger partial charge in [0.05, 0.1) is 11.1 Å². The second kappa shape index (κ2) is 8.06. The normalized spacial score (nSPS) is 16.2. The number of benzene rings is 1. The molecule has 2 N–H and O–H groups in total. The Labute approximate surface area is 141 Å². The third-order valence-electron chi connectivity index (χ3n) is 4.53. The number of rotatable bonds is 9. The maximum atomic E-state index is 12.2. The zero-order valence-corrected chi connectivity index (χ0v) is 14.1. The van der Waals surface area contributed by atoms with Crippen molar-refractivity contribution in [2.24, 2.45) is 5.92 Å². The van der Waals surface area contributed by atoms with E-state index in [0.29, 0.717) is 37.1 Å². The molecule has 2 atom stereocenters. The van der Waals surface area contributed by atoms with Crippen molar-refractivity contribution in [1.82, 2.24) is 10.2 Å². The van der Waals surface area contributed by atoms with E-state index in [-0.39, 0.29) is 17.7 Å². The average molecular weight is 332 g/mol. The number of imide groups is 1. The summed E-state index contributed by atoms with van der Waals surface area (Å²) in [4.78, 5) is 36.9. The number of fused-ring (bicyclic) bond motifs is 1. The molecule has 6 nitrogen and oxygen atoms in total. The summed E-state index contributed by atoms with van der Waals surface area (Å²) in [5, 5.41) is 12.3. The highest BCUT2D eigenvalue weighted by atomic mass is 16.4. The zero-order valence-electron chi connectivity index (χ0n) is 14.1. The van der Waals surface area contributed by atoms with Gasteiger partial charge in [0.2, 0.25) is 0 Å². The number of carboxylic acids is 1. The molecular weight excluding hydrogens is 308 g/mol. The number of carboxylic acid groups (broad SMARTS) is 1. The lowest BCUT2D eigenvalue weighted by Gasteiger charge is -2.20. The lowest BCUT2D eigenvalue weighted by molar-refractivity contribution is -0.140. The van der Waals surface area contributed by atoms with E-state index in [1.807, 2.05) is 13.8 Å². The van der Waals surface area contributed by atoms with Gasteiger partial charge in [0.25, 0.3) is 11.8 Å². The van der Waals surface area contributed by atoms with E-state index >= 15 is 0 Å². The predicted octanol–water partition coefficient (Wildman–Crippen LogP) is 2.15. The maximum Gasteiger partial charge on any atom is 0.320 e. The molecule has 0 aliphatic carbocycles. The first kappa shape index (κ1) is 18.1. The quantitative estimate of drug-likeness (QED) is 0.534. The summed E-state index contributed by atoms with van der Waals surface area (Å²) >= 11 is 0. The maximum absolute atomic E-state index is 12.2. The summed E-state index contributed by atoms with van der Waals surface area (Å²) in [5.74, 6) is -1.28. The lowest BCUT2D eigenvalue weighted by Crippen LogP contribution is -2.42. The van der Waals surface area contributed by atoms with E-state index in [0.717, 1.165) is 6.42 Å². The van der Waals surface area contributed by atoms with Gasteiger partial charge in [-0.3, -0.25) is 19.3 Å². The molecule has 2 amide bonds. The van der Waals surface area contributed by atoms with Crippen LogP contribution in [0, 0.1) is 5.92 Å². The number of amides is 2. The summed E-state index contributed by atoms with van der Waals surface area (Å²) in [6.07, 6.45) is 2.14. The van der Waals surface area contributed by atoms with Crippen LogP contribution in [0.3, 0.4) is 0 Å². The van der Waals surface area contributed by atoms with Gasteiger partial charge in [-0.2, -0.15) is 0 Å². The van der Waals surface area contributed by atoms with Gasteiger partial charge in [0, 0.05) is 6.54 Å². The Morgan fingerprint density at radius 1 is 1.17 bits per heavy atom. The van der Waals surface area contributed by atoms with Crippen molar-refractivity contribution in [1.29, 1.82) is 0 Å². The third kappa shape index (κ3) is 3.82. The van der Waals surface area contributed by atoms with Crippen LogP contribution in [0.15, 0.2) is 24.3 Å². The predicted molar refractivity (Wildman–Crippen MR) is 89.9 cm³/mol. The summed E-state index contributed by atoms with van der Waals surface area (Å²) in [6.45, 7) is 4.77. The number of carbonyl (C=O) groups is 3. The van der Waals surface area contributed by atoms with Crippen LogP contribution >= 0.6 is 0 Å². The number of nitrogens with one attached hydrogen (secondary N) is 1. The highest BCUT2D eigenvalue weighted by Gasteiger charge is 2.34. The van der Waals surface area contributed by atoms with E-state index in [1.165, 1.54) is 4.90 Å². The molecule has 1 aromatic carbocycles. The molecule has 24 heavy (non-hydrogen) atoms. The highest BCUT2D eigenvalue weighted by Crippen LogP contribution is 2.22. The molecule has 0 saturated heterocycles. The van der Waals surface area contributed by atoms with Gasteiger partial charge in [0.1, 0.15) is 6.04 Å². The van der Waals surface area contributed by atoms with E-state index < -0.39 is 12.0 Å². The van der Waals surface area contributed by atoms with Gasteiger partial charge in [0.15, 0.2) is 0 Å². The number of hydrogen-bond donors (Lipinski definition) is 2. The molecule has 6 heteroatoms. The topological polar surface area (TPSA) is 86.7 Å². The second-order valence-electron chi connectivity index (χ2n) is 6.17. The van der Waals surface area contributed by atoms with Crippen LogP contribution in [-0.2, 0) is 4.79 Å². The molecule has 2 rings (SSSR count). The molecule has 1 aromatic rings. The van der Waals surface area contributed by atoms with Gasteiger partial charge in [-0.1, -0.05) is 32.4 Å². The molecule has 130 valence electrons. The summed E-state index contributed by atoms with van der Waals surface area (Å²) < 4.78 is 0. The Kier molecular flexibility index (Phi) is 6.09. The molecule has 0 fully saturated rings. The first-order chi connectivity index (χ1) is 11.5. The Morgan fingerprint density at radius 2 is 1.75 bits per heavy atom. The smallest absolute Gasteiger partial charge is 0.320 e. The van der Waals surface area contributed by atoms with Crippen LogP contribution in [-0.4, -0.2) is 46.9 Å². The number of unbranched alkanes of at least 4 members (excludes halogenated alkanes) is 1. The van der Waals surface area contributed by atoms with E-state index in [1.54, 1.807) is 24.3 Å². The number of carbonyl (C=O) groups excluding carboxylic acids is 2. The first-order valence-electron chi connectivity index (χ1n) is 8.38. The van der Waals surface area contributed by atoms with Crippen molar-refractivity contribution < 1.29 is 19.5 Å². The fourth-order valence-electron chi connectivity index (χ4n) is 2.86. The van der Waals surface area contributed by atoms with E-state index in [4.69, 9.17) is 0 Å². The SMILES string of the molecule is CC[C@H](C)[C@H](NCCCCN1C(=O)c2ccccc2C1=O)C(=O)O. The first-order valence-corrected chi connectivity index (χ1v) is 8.38. The van der Waals surface area contributed by atoms with Crippen molar-refractivity contribution in [3.05, 3.63) is 35.4 Å². The Morgan fingerprint density at radius 3 is 2.25 bits per heavy atom. The van der Waals surface area contributed by atoms with Crippen LogP contribution in [0.25, 0.3) is 0 Å². The lowest BCUT2D eigenvalue weighted by atomic mass is 9.99. The Bertz CT molecular complexity index is 594. The standard InChI is InChI=1S/C18H24N2O4/c1-3-12(2)15(18(23)24)19-10-6-7-11-20-16(21)13-8-4-5-9-14(13)17(20)22/h4-5,8-9,12,15,19H,3,6-7,10-11H2,1-2H3,(H,23,24)/t12-,15-/m0/s1. The molecule has 1 aliphatic heterocycles. The minimum absolute atomic E-state index is 0.0544. The highest BCUT2D eigenvalue weighted by molar-refractivity contribution is 6.21. The minimum Gasteiger partial charge on any atom is -0.480 e.